The number of amides is 1. The van der Waals surface area contributed by atoms with Gasteiger partial charge in [0.05, 0.1) is 5.92 Å². The smallest absolute Gasteiger partial charge is 0.231 e. The first-order chi connectivity index (χ1) is 13.4. The fourth-order valence-electron chi connectivity index (χ4n) is 3.29. The van der Waals surface area contributed by atoms with Crippen molar-refractivity contribution in [2.75, 3.05) is 5.32 Å². The van der Waals surface area contributed by atoms with E-state index in [0.29, 0.717) is 5.92 Å². The molecule has 0 saturated carbocycles. The molecule has 3 heteroatoms. The lowest BCUT2D eigenvalue weighted by molar-refractivity contribution is -0.117. The molecule has 1 amide bonds. The number of hydrogen-bond acceptors (Lipinski definition) is 2. The zero-order chi connectivity index (χ0) is 20.1. The van der Waals surface area contributed by atoms with Crippen LogP contribution in [-0.2, 0) is 11.2 Å². The van der Waals surface area contributed by atoms with Gasteiger partial charge in [-0.1, -0.05) is 50.2 Å². The number of carbonyl (C=O) groups is 1. The summed E-state index contributed by atoms with van der Waals surface area (Å²) in [6.45, 7) is 8.35. The van der Waals surface area contributed by atoms with E-state index in [4.69, 9.17) is 0 Å². The molecule has 1 atom stereocenters. The third-order valence-corrected chi connectivity index (χ3v) is 4.90. The molecule has 0 bridgehead atoms. The Morgan fingerprint density at radius 3 is 2.21 bits per heavy atom. The predicted molar refractivity (Wildman–Crippen MR) is 116 cm³/mol. The summed E-state index contributed by atoms with van der Waals surface area (Å²) in [4.78, 5) is 16.9. The fraction of sp³-hybridized carbons (Fsp3) is 0.280. The van der Waals surface area contributed by atoms with Crippen molar-refractivity contribution in [1.29, 1.82) is 0 Å². The fourth-order valence-corrected chi connectivity index (χ4v) is 3.29. The molecule has 0 saturated heterocycles. The number of anilines is 1. The van der Waals surface area contributed by atoms with Crippen molar-refractivity contribution in [1.82, 2.24) is 4.98 Å². The van der Waals surface area contributed by atoms with Crippen molar-refractivity contribution in [3.63, 3.8) is 0 Å². The van der Waals surface area contributed by atoms with Gasteiger partial charge in [-0.2, -0.15) is 0 Å². The molecule has 0 aliphatic carbocycles. The lowest BCUT2D eigenvalue weighted by atomic mass is 9.96. The third-order valence-electron chi connectivity index (χ3n) is 4.90. The van der Waals surface area contributed by atoms with E-state index >= 15 is 0 Å². The highest BCUT2D eigenvalue weighted by Gasteiger charge is 2.15. The minimum atomic E-state index is -0.198. The number of hydrogen-bond donors (Lipinski definition) is 1. The number of aromatic nitrogens is 1. The second-order valence-corrected chi connectivity index (χ2v) is 7.81. The van der Waals surface area contributed by atoms with E-state index in [9.17, 15) is 4.79 Å². The highest BCUT2D eigenvalue weighted by Crippen LogP contribution is 2.23. The molecule has 1 heterocycles. The molecule has 3 nitrogen and oxygen atoms in total. The number of nitrogens with one attached hydrogen (secondary N) is 1. The van der Waals surface area contributed by atoms with Crippen LogP contribution in [-0.4, -0.2) is 10.9 Å². The van der Waals surface area contributed by atoms with Gasteiger partial charge in [-0.05, 0) is 72.7 Å². The average Bonchev–Trinajstić information content (AvgIpc) is 2.68. The van der Waals surface area contributed by atoms with Crippen LogP contribution in [0.2, 0.25) is 0 Å². The molecule has 3 rings (SSSR count). The number of benzene rings is 2. The zero-order valence-electron chi connectivity index (χ0n) is 17.1. The van der Waals surface area contributed by atoms with Crippen molar-refractivity contribution in [3.8, 4) is 11.1 Å². The lowest BCUT2D eigenvalue weighted by Gasteiger charge is -2.14. The van der Waals surface area contributed by atoms with Crippen LogP contribution >= 0.6 is 0 Å². The summed E-state index contributed by atoms with van der Waals surface area (Å²) in [5, 5.41) is 3.03. The van der Waals surface area contributed by atoms with Crippen LogP contribution in [0.3, 0.4) is 0 Å². The van der Waals surface area contributed by atoms with Gasteiger partial charge in [-0.25, -0.2) is 0 Å². The molecule has 1 aromatic heterocycles. The molecule has 0 unspecified atom stereocenters. The Morgan fingerprint density at radius 2 is 1.61 bits per heavy atom. The summed E-state index contributed by atoms with van der Waals surface area (Å²) in [7, 11) is 0. The molecule has 1 N–H and O–H groups in total. The number of rotatable bonds is 6. The van der Waals surface area contributed by atoms with Crippen LogP contribution in [0.15, 0.2) is 66.9 Å². The van der Waals surface area contributed by atoms with Crippen LogP contribution in [0.4, 0.5) is 5.69 Å². The number of nitrogens with zero attached hydrogens (tertiary/aromatic N) is 1. The molecule has 0 radical (unpaired) electrons. The molecular weight excluding hydrogens is 344 g/mol. The number of aryl methyl sites for hydroxylation is 1. The summed E-state index contributed by atoms with van der Waals surface area (Å²) in [5.74, 6) is 0.436. The normalized spacial score (nSPS) is 12.0. The van der Waals surface area contributed by atoms with E-state index in [1.807, 2.05) is 50.4 Å². The van der Waals surface area contributed by atoms with Crippen LogP contribution in [0.25, 0.3) is 11.1 Å². The first-order valence-electron chi connectivity index (χ1n) is 9.85. The highest BCUT2D eigenvalue weighted by molar-refractivity contribution is 5.95. The van der Waals surface area contributed by atoms with Gasteiger partial charge >= 0.3 is 0 Å². The van der Waals surface area contributed by atoms with Gasteiger partial charge in [0.2, 0.25) is 5.91 Å². The third kappa shape index (κ3) is 5.07. The quantitative estimate of drug-likeness (QED) is 0.577. The number of carbonyl (C=O) groups excluding carboxylic acids is 1. The topological polar surface area (TPSA) is 42.0 Å². The van der Waals surface area contributed by atoms with E-state index in [1.54, 1.807) is 0 Å². The molecule has 144 valence electrons. The maximum absolute atomic E-state index is 12.7. The first-order valence-corrected chi connectivity index (χ1v) is 9.85. The van der Waals surface area contributed by atoms with Gasteiger partial charge in [0.25, 0.3) is 0 Å². The standard InChI is InChI=1S/C25H28N2O/c1-17(2)15-20-5-7-21(8-6-20)19(4)25(28)27-24-11-9-22(10-12-24)23-13-14-26-18(3)16-23/h5-14,16-17,19H,15H2,1-4H3,(H,27,28)/t19-/m0/s1. The van der Waals surface area contributed by atoms with Crippen LogP contribution in [0.1, 0.15) is 43.5 Å². The Bertz CT molecular complexity index is 928. The maximum atomic E-state index is 12.7. The Kier molecular flexibility index (Phi) is 6.25. The molecule has 2 aromatic carbocycles. The molecule has 3 aromatic rings. The largest absolute Gasteiger partial charge is 0.326 e. The molecule has 0 fully saturated rings. The second kappa shape index (κ2) is 8.83. The Balaban J connectivity index is 1.65. The van der Waals surface area contributed by atoms with E-state index in [1.165, 1.54) is 5.56 Å². The molecule has 0 spiro atoms. The van der Waals surface area contributed by atoms with E-state index in [-0.39, 0.29) is 11.8 Å². The van der Waals surface area contributed by atoms with Crippen molar-refractivity contribution < 1.29 is 4.79 Å². The average molecular weight is 373 g/mol. The second-order valence-electron chi connectivity index (χ2n) is 7.81. The highest BCUT2D eigenvalue weighted by atomic mass is 16.1. The van der Waals surface area contributed by atoms with Crippen molar-refractivity contribution in [2.45, 2.75) is 40.0 Å². The summed E-state index contributed by atoms with van der Waals surface area (Å²) in [5.41, 5.74) is 6.38. The van der Waals surface area contributed by atoms with Crippen molar-refractivity contribution >= 4 is 11.6 Å². The van der Waals surface area contributed by atoms with Gasteiger partial charge in [0.15, 0.2) is 0 Å². The summed E-state index contributed by atoms with van der Waals surface area (Å²) in [6, 6.07) is 20.4. The predicted octanol–water partition coefficient (Wildman–Crippen LogP) is 6.00. The van der Waals surface area contributed by atoms with Gasteiger partial charge in [-0.15, -0.1) is 0 Å². The van der Waals surface area contributed by atoms with Gasteiger partial charge in [0.1, 0.15) is 0 Å². The molecule has 28 heavy (non-hydrogen) atoms. The van der Waals surface area contributed by atoms with Crippen LogP contribution < -0.4 is 5.32 Å². The summed E-state index contributed by atoms with van der Waals surface area (Å²) >= 11 is 0. The van der Waals surface area contributed by atoms with Crippen molar-refractivity contribution in [3.05, 3.63) is 83.7 Å². The van der Waals surface area contributed by atoms with Crippen LogP contribution in [0.5, 0.6) is 0 Å². The summed E-state index contributed by atoms with van der Waals surface area (Å²) < 4.78 is 0. The van der Waals surface area contributed by atoms with E-state index in [0.717, 1.165) is 34.5 Å². The Hall–Kier alpha value is -2.94. The molecule has 0 aliphatic heterocycles. The SMILES string of the molecule is Cc1cc(-c2ccc(NC(=O)[C@@H](C)c3ccc(CC(C)C)cc3)cc2)ccn1. The Labute approximate surface area is 167 Å². The molecule has 0 aliphatic rings. The maximum Gasteiger partial charge on any atom is 0.231 e. The lowest BCUT2D eigenvalue weighted by Crippen LogP contribution is -2.18. The molecular formula is C25H28N2O. The Morgan fingerprint density at radius 1 is 0.929 bits per heavy atom. The van der Waals surface area contributed by atoms with Gasteiger partial charge in [0, 0.05) is 17.6 Å². The van der Waals surface area contributed by atoms with Gasteiger partial charge in [-0.3, -0.25) is 9.78 Å². The monoisotopic (exact) mass is 372 g/mol. The van der Waals surface area contributed by atoms with Crippen LogP contribution in [0, 0.1) is 12.8 Å². The summed E-state index contributed by atoms with van der Waals surface area (Å²) in [6.07, 6.45) is 2.87. The van der Waals surface area contributed by atoms with Gasteiger partial charge < -0.3 is 5.32 Å². The van der Waals surface area contributed by atoms with E-state index in [2.05, 4.69) is 54.5 Å². The first kappa shape index (κ1) is 19.8. The minimum absolute atomic E-state index is 0.00381. The zero-order valence-corrected chi connectivity index (χ0v) is 17.1. The minimum Gasteiger partial charge on any atom is -0.326 e. The number of pyridine rings is 1. The van der Waals surface area contributed by atoms with E-state index < -0.39 is 0 Å². The van der Waals surface area contributed by atoms with Crippen molar-refractivity contribution in [2.24, 2.45) is 5.92 Å².